The molecule has 41 heavy (non-hydrogen) atoms. The number of nitrogens with one attached hydrogen (secondary N) is 1. The van der Waals surface area contributed by atoms with Crippen LogP contribution in [0.5, 0.6) is 0 Å². The molecule has 0 bridgehead atoms. The van der Waals surface area contributed by atoms with Gasteiger partial charge in [0.05, 0.1) is 29.9 Å². The van der Waals surface area contributed by atoms with E-state index in [-0.39, 0.29) is 34.2 Å². The first-order valence-corrected chi connectivity index (χ1v) is 17.7. The van der Waals surface area contributed by atoms with Crippen LogP contribution in [0.3, 0.4) is 0 Å². The van der Waals surface area contributed by atoms with E-state index in [1.807, 2.05) is 45.6 Å². The van der Waals surface area contributed by atoms with Crippen molar-refractivity contribution < 1.29 is 28.3 Å². The topological polar surface area (TPSA) is 105 Å². The summed E-state index contributed by atoms with van der Waals surface area (Å²) in [4.78, 5) is 29.2. The van der Waals surface area contributed by atoms with Gasteiger partial charge >= 0.3 is 13.6 Å². The Labute approximate surface area is 250 Å². The quantitative estimate of drug-likeness (QED) is 0.191. The third kappa shape index (κ3) is 9.93. The highest BCUT2D eigenvalue weighted by Crippen LogP contribution is 2.47. The molecule has 1 amide bonds. The molecule has 8 nitrogen and oxygen atoms in total. The van der Waals surface area contributed by atoms with E-state index in [1.54, 1.807) is 0 Å². The Morgan fingerprint density at radius 3 is 2.22 bits per heavy atom. The third-order valence-electron chi connectivity index (χ3n) is 7.86. The monoisotopic (exact) mass is 608 g/mol. The molecule has 1 aromatic heterocycles. The number of nitrogens with zero attached hydrogens (tertiary/aromatic N) is 1. The normalized spacial score (nSPS) is 23.5. The van der Waals surface area contributed by atoms with E-state index in [1.165, 1.54) is 0 Å². The Morgan fingerprint density at radius 2 is 1.68 bits per heavy atom. The van der Waals surface area contributed by atoms with Crippen LogP contribution in [0.2, 0.25) is 0 Å². The average Bonchev–Trinajstić information content (AvgIpc) is 3.33. The molecule has 230 valence electrons. The Hall–Kier alpha value is -1.69. The lowest BCUT2D eigenvalue weighted by molar-refractivity contribution is -0.124. The molecule has 0 radical (unpaired) electrons. The number of carbonyl (C=O) groups excluding carboxylic acids is 1. The van der Waals surface area contributed by atoms with E-state index < -0.39 is 13.6 Å². The summed E-state index contributed by atoms with van der Waals surface area (Å²) in [6.07, 6.45) is 7.25. The summed E-state index contributed by atoms with van der Waals surface area (Å²) in [7, 11) is -3.10. The summed E-state index contributed by atoms with van der Waals surface area (Å²) in [5, 5.41) is 13.6. The maximum atomic E-state index is 14.1. The van der Waals surface area contributed by atoms with Crippen LogP contribution in [0.15, 0.2) is 6.07 Å². The lowest BCUT2D eigenvalue weighted by Gasteiger charge is -2.39. The first-order valence-electron chi connectivity index (χ1n) is 15.2. The van der Waals surface area contributed by atoms with Gasteiger partial charge in [0.1, 0.15) is 4.88 Å². The molecule has 0 unspecified atom stereocenters. The van der Waals surface area contributed by atoms with Crippen molar-refractivity contribution in [2.24, 2.45) is 17.3 Å². The van der Waals surface area contributed by atoms with Crippen molar-refractivity contribution in [1.82, 2.24) is 5.32 Å². The highest BCUT2D eigenvalue weighted by Gasteiger charge is 2.37. The van der Waals surface area contributed by atoms with E-state index in [0.717, 1.165) is 62.7 Å². The number of aromatic carboxylic acids is 1. The number of carbonyl (C=O) groups is 2. The SMILES string of the molecule is CCOP(=O)(CCNC1CCC(N(C(=O)C2CCC(C)CC2)c2cc(C#CC(C)(C)C)sc2C(=O)O)CC1)OCC. The minimum atomic E-state index is -3.10. The molecule has 0 aromatic carbocycles. The smallest absolute Gasteiger partial charge is 0.348 e. The van der Waals surface area contributed by atoms with Gasteiger partial charge in [0.25, 0.3) is 0 Å². The van der Waals surface area contributed by atoms with E-state index in [2.05, 4.69) is 24.1 Å². The van der Waals surface area contributed by atoms with Crippen molar-refractivity contribution >= 4 is 36.5 Å². The number of anilines is 1. The summed E-state index contributed by atoms with van der Waals surface area (Å²) in [6.45, 7) is 13.1. The molecular formula is C31H49N2O6PS. The summed E-state index contributed by atoms with van der Waals surface area (Å²) in [5.74, 6) is 5.92. The minimum Gasteiger partial charge on any atom is -0.477 e. The van der Waals surface area contributed by atoms with Crippen molar-refractivity contribution in [2.75, 3.05) is 30.8 Å². The summed E-state index contributed by atoms with van der Waals surface area (Å²) in [6, 6.07) is 1.97. The van der Waals surface area contributed by atoms with E-state index >= 15 is 0 Å². The minimum absolute atomic E-state index is 0.0540. The molecule has 2 fully saturated rings. The van der Waals surface area contributed by atoms with Crippen LogP contribution in [0, 0.1) is 29.1 Å². The Bertz CT molecular complexity index is 1120. The molecule has 2 saturated carbocycles. The molecule has 2 aliphatic carbocycles. The molecule has 0 spiro atoms. The van der Waals surface area contributed by atoms with Crippen molar-refractivity contribution in [1.29, 1.82) is 0 Å². The zero-order chi connectivity index (χ0) is 30.2. The van der Waals surface area contributed by atoms with Crippen LogP contribution in [-0.4, -0.2) is 55.0 Å². The van der Waals surface area contributed by atoms with E-state index in [9.17, 15) is 19.3 Å². The van der Waals surface area contributed by atoms with Crippen LogP contribution in [0.25, 0.3) is 0 Å². The zero-order valence-corrected chi connectivity index (χ0v) is 27.4. The average molecular weight is 609 g/mol. The molecule has 0 atom stereocenters. The standard InChI is InChI=1S/C31H49N2O6PS/c1-7-38-40(37,39-8-2)20-19-32-24-13-15-25(16-14-24)33(29(34)23-11-9-22(3)10-12-23)27-21-26(17-18-31(4,5)6)41-28(27)30(35)36/h21-25,32H,7-16,19-20H2,1-6H3,(H,35,36). The summed E-state index contributed by atoms with van der Waals surface area (Å²) < 4.78 is 23.6. The second kappa shape index (κ2) is 15.2. The summed E-state index contributed by atoms with van der Waals surface area (Å²) in [5.41, 5.74) is 0.279. The predicted octanol–water partition coefficient (Wildman–Crippen LogP) is 7.17. The van der Waals surface area contributed by atoms with Gasteiger partial charge < -0.3 is 24.4 Å². The van der Waals surface area contributed by atoms with Gasteiger partial charge in [-0.05, 0) is 98.0 Å². The van der Waals surface area contributed by atoms with Crippen molar-refractivity contribution in [3.8, 4) is 11.8 Å². The Kier molecular flexibility index (Phi) is 12.5. The number of hydrogen-bond donors (Lipinski definition) is 2. The van der Waals surface area contributed by atoms with Gasteiger partial charge in [0.15, 0.2) is 0 Å². The van der Waals surface area contributed by atoms with Gasteiger partial charge in [0.2, 0.25) is 5.91 Å². The van der Waals surface area contributed by atoms with Gasteiger partial charge in [-0.25, -0.2) is 4.79 Å². The highest BCUT2D eigenvalue weighted by molar-refractivity contribution is 7.53. The lowest BCUT2D eigenvalue weighted by Crippen LogP contribution is -2.48. The number of rotatable bonds is 12. The first-order chi connectivity index (χ1) is 19.4. The third-order valence-corrected chi connectivity index (χ3v) is 11.0. The van der Waals surface area contributed by atoms with Gasteiger partial charge in [0, 0.05) is 30.0 Å². The zero-order valence-electron chi connectivity index (χ0n) is 25.7. The van der Waals surface area contributed by atoms with Crippen LogP contribution >= 0.6 is 18.9 Å². The number of amides is 1. The number of carboxylic acid groups (broad SMARTS) is 1. The highest BCUT2D eigenvalue weighted by atomic mass is 32.1. The number of hydrogen-bond acceptors (Lipinski definition) is 7. The lowest BCUT2D eigenvalue weighted by atomic mass is 9.81. The van der Waals surface area contributed by atoms with Gasteiger partial charge in [-0.15, -0.1) is 11.3 Å². The number of carboxylic acids is 1. The maximum Gasteiger partial charge on any atom is 0.348 e. The fraction of sp³-hybridized carbons (Fsp3) is 0.742. The molecule has 2 aliphatic rings. The van der Waals surface area contributed by atoms with Crippen molar-refractivity contribution in [3.63, 3.8) is 0 Å². The second-order valence-corrected chi connectivity index (χ2v) is 15.7. The van der Waals surface area contributed by atoms with Crippen LogP contribution in [0.4, 0.5) is 5.69 Å². The van der Waals surface area contributed by atoms with Gasteiger partial charge in [-0.3, -0.25) is 9.36 Å². The van der Waals surface area contributed by atoms with Gasteiger partial charge in [-0.2, -0.15) is 0 Å². The fourth-order valence-corrected chi connectivity index (χ4v) is 8.09. The molecule has 3 rings (SSSR count). The Morgan fingerprint density at radius 1 is 1.07 bits per heavy atom. The molecule has 10 heteroatoms. The molecule has 0 saturated heterocycles. The predicted molar refractivity (Wildman–Crippen MR) is 166 cm³/mol. The van der Waals surface area contributed by atoms with Crippen molar-refractivity contribution in [2.45, 2.75) is 105 Å². The van der Waals surface area contributed by atoms with Crippen LogP contribution in [0.1, 0.15) is 107 Å². The van der Waals surface area contributed by atoms with Crippen LogP contribution < -0.4 is 10.2 Å². The van der Waals surface area contributed by atoms with Gasteiger partial charge in [-0.1, -0.05) is 18.8 Å². The first kappa shape index (κ1) is 33.8. The van der Waals surface area contributed by atoms with Crippen LogP contribution in [-0.2, 0) is 18.4 Å². The molecule has 0 aliphatic heterocycles. The largest absolute Gasteiger partial charge is 0.477 e. The molecular weight excluding hydrogens is 559 g/mol. The maximum absolute atomic E-state index is 14.1. The van der Waals surface area contributed by atoms with E-state index in [4.69, 9.17) is 9.05 Å². The molecule has 1 heterocycles. The van der Waals surface area contributed by atoms with E-state index in [0.29, 0.717) is 42.4 Å². The number of thiophene rings is 1. The Balaban J connectivity index is 1.79. The summed E-state index contributed by atoms with van der Waals surface area (Å²) >= 11 is 1.16. The fourth-order valence-electron chi connectivity index (χ4n) is 5.73. The molecule has 1 aromatic rings. The second-order valence-electron chi connectivity index (χ2n) is 12.4. The molecule has 2 N–H and O–H groups in total. The van der Waals surface area contributed by atoms with Crippen molar-refractivity contribution in [3.05, 3.63) is 15.8 Å².